The van der Waals surface area contributed by atoms with Gasteiger partial charge in [-0.15, -0.1) is 11.3 Å². The number of thiophene rings is 1. The number of nitrogens with zero attached hydrogens (tertiary/aromatic N) is 1. The molecule has 1 aliphatic heterocycles. The summed E-state index contributed by atoms with van der Waals surface area (Å²) in [6, 6.07) is 14.2. The van der Waals surface area contributed by atoms with E-state index in [-0.39, 0.29) is 11.9 Å². The molecule has 7 heteroatoms. The molecule has 1 atom stereocenters. The Kier molecular flexibility index (Phi) is 5.46. The molecule has 30 heavy (non-hydrogen) atoms. The lowest BCUT2D eigenvalue weighted by Gasteiger charge is -2.37. The summed E-state index contributed by atoms with van der Waals surface area (Å²) in [6.07, 6.45) is 0.711. The van der Waals surface area contributed by atoms with Gasteiger partial charge in [-0.3, -0.25) is 9.59 Å². The fraction of sp³-hybridized carbons (Fsp3) is 0.217. The Morgan fingerprint density at radius 2 is 1.70 bits per heavy atom. The Labute approximate surface area is 178 Å². The highest BCUT2D eigenvalue weighted by molar-refractivity contribution is 7.10. The Hall–Kier alpha value is -3.32. The minimum Gasteiger partial charge on any atom is -0.493 e. The summed E-state index contributed by atoms with van der Waals surface area (Å²) >= 11 is 1.61. The first-order chi connectivity index (χ1) is 14.5. The third-order valence-corrected chi connectivity index (χ3v) is 6.29. The summed E-state index contributed by atoms with van der Waals surface area (Å²) in [5.74, 6) is 0.712. The van der Waals surface area contributed by atoms with Crippen LogP contribution >= 0.6 is 11.3 Å². The number of fused-ring (bicyclic) bond motifs is 1. The SMILES string of the molecule is COc1cc2c(cc1OC)C(c1cccs1)N(C(=O)c1ccc(C(N)=O)cc1)CC2. The van der Waals surface area contributed by atoms with Gasteiger partial charge in [0.15, 0.2) is 11.5 Å². The standard InChI is InChI=1S/C23H22N2O4S/c1-28-18-12-16-9-10-25(23(27)15-7-5-14(6-8-15)22(24)26)21(20-4-3-11-30-20)17(16)13-19(18)29-2/h3-8,11-13,21H,9-10H2,1-2H3,(H2,24,26). The van der Waals surface area contributed by atoms with Crippen molar-refractivity contribution < 1.29 is 19.1 Å². The second-order valence-corrected chi connectivity index (χ2v) is 7.99. The molecule has 2 N–H and O–H groups in total. The maximum atomic E-state index is 13.4. The number of hydrogen-bond acceptors (Lipinski definition) is 5. The highest BCUT2D eigenvalue weighted by Gasteiger charge is 2.34. The van der Waals surface area contributed by atoms with Crippen molar-refractivity contribution in [1.29, 1.82) is 0 Å². The van der Waals surface area contributed by atoms with Crippen LogP contribution in [0.3, 0.4) is 0 Å². The maximum Gasteiger partial charge on any atom is 0.254 e. The molecule has 2 aromatic carbocycles. The van der Waals surface area contributed by atoms with E-state index in [0.717, 1.165) is 16.0 Å². The maximum absolute atomic E-state index is 13.4. The van der Waals surface area contributed by atoms with Gasteiger partial charge in [0.2, 0.25) is 5.91 Å². The molecule has 6 nitrogen and oxygen atoms in total. The quantitative estimate of drug-likeness (QED) is 0.680. The lowest BCUT2D eigenvalue weighted by atomic mass is 9.90. The topological polar surface area (TPSA) is 81.9 Å². The van der Waals surface area contributed by atoms with Gasteiger partial charge in [0.05, 0.1) is 20.3 Å². The second-order valence-electron chi connectivity index (χ2n) is 7.01. The average molecular weight is 423 g/mol. The Balaban J connectivity index is 1.77. The van der Waals surface area contributed by atoms with Crippen LogP contribution < -0.4 is 15.2 Å². The summed E-state index contributed by atoms with van der Waals surface area (Å²) in [6.45, 7) is 0.571. The van der Waals surface area contributed by atoms with E-state index in [9.17, 15) is 9.59 Å². The summed E-state index contributed by atoms with van der Waals surface area (Å²) in [4.78, 5) is 27.7. The minimum atomic E-state index is -0.515. The van der Waals surface area contributed by atoms with E-state index < -0.39 is 5.91 Å². The molecule has 0 aliphatic carbocycles. The van der Waals surface area contributed by atoms with E-state index in [0.29, 0.717) is 35.6 Å². The molecule has 2 heterocycles. The van der Waals surface area contributed by atoms with Gasteiger partial charge in [-0.2, -0.15) is 0 Å². The van der Waals surface area contributed by atoms with Gasteiger partial charge in [0.1, 0.15) is 0 Å². The van der Waals surface area contributed by atoms with Crippen molar-refractivity contribution in [3.63, 3.8) is 0 Å². The van der Waals surface area contributed by atoms with Crippen molar-refractivity contribution >= 4 is 23.2 Å². The zero-order valence-electron chi connectivity index (χ0n) is 16.8. The number of benzene rings is 2. The lowest BCUT2D eigenvalue weighted by molar-refractivity contribution is 0.0696. The van der Waals surface area contributed by atoms with E-state index in [2.05, 4.69) is 0 Å². The van der Waals surface area contributed by atoms with Crippen LogP contribution in [0.5, 0.6) is 11.5 Å². The number of rotatable bonds is 5. The zero-order valence-corrected chi connectivity index (χ0v) is 17.6. The molecular weight excluding hydrogens is 400 g/mol. The van der Waals surface area contributed by atoms with Crippen LogP contribution in [0.2, 0.25) is 0 Å². The number of carbonyl (C=O) groups is 2. The van der Waals surface area contributed by atoms with Gasteiger partial charge in [0.25, 0.3) is 5.91 Å². The number of methoxy groups -OCH3 is 2. The van der Waals surface area contributed by atoms with Crippen LogP contribution in [0.1, 0.15) is 42.8 Å². The largest absolute Gasteiger partial charge is 0.493 e. The number of hydrogen-bond donors (Lipinski definition) is 1. The van der Waals surface area contributed by atoms with Crippen molar-refractivity contribution in [2.75, 3.05) is 20.8 Å². The highest BCUT2D eigenvalue weighted by atomic mass is 32.1. The molecule has 0 saturated carbocycles. The molecule has 2 amide bonds. The summed E-state index contributed by atoms with van der Waals surface area (Å²) in [5.41, 5.74) is 8.38. The monoisotopic (exact) mass is 422 g/mol. The fourth-order valence-corrected chi connectivity index (χ4v) is 4.72. The van der Waals surface area contributed by atoms with Gasteiger partial charge in [-0.1, -0.05) is 6.07 Å². The Bertz CT molecular complexity index is 1080. The van der Waals surface area contributed by atoms with Crippen LogP contribution in [0.4, 0.5) is 0 Å². The molecule has 1 aromatic heterocycles. The first-order valence-electron chi connectivity index (χ1n) is 9.52. The van der Waals surface area contributed by atoms with E-state index in [4.69, 9.17) is 15.2 Å². The number of ether oxygens (including phenoxy) is 2. The Morgan fingerprint density at radius 1 is 1.03 bits per heavy atom. The minimum absolute atomic E-state index is 0.0927. The van der Waals surface area contributed by atoms with Crippen molar-refractivity contribution in [2.24, 2.45) is 5.73 Å². The molecule has 1 aliphatic rings. The van der Waals surface area contributed by atoms with Crippen molar-refractivity contribution in [3.05, 3.63) is 81.0 Å². The second kappa shape index (κ2) is 8.20. The number of nitrogens with two attached hydrogens (primary N) is 1. The normalized spacial score (nSPS) is 15.4. The lowest BCUT2D eigenvalue weighted by Crippen LogP contribution is -2.40. The van der Waals surface area contributed by atoms with Crippen LogP contribution in [0, 0.1) is 0 Å². The number of carbonyl (C=O) groups excluding carboxylic acids is 2. The van der Waals surface area contributed by atoms with Crippen molar-refractivity contribution in [1.82, 2.24) is 4.90 Å². The zero-order chi connectivity index (χ0) is 21.3. The summed E-state index contributed by atoms with van der Waals surface area (Å²) < 4.78 is 11.0. The van der Waals surface area contributed by atoms with Gasteiger partial charge in [-0.05, 0) is 65.4 Å². The molecule has 0 radical (unpaired) electrons. The van der Waals surface area contributed by atoms with Gasteiger partial charge < -0.3 is 20.1 Å². The van der Waals surface area contributed by atoms with Crippen LogP contribution in [-0.2, 0) is 6.42 Å². The molecule has 3 aromatic rings. The molecule has 1 unspecified atom stereocenters. The van der Waals surface area contributed by atoms with Crippen molar-refractivity contribution in [3.8, 4) is 11.5 Å². The highest BCUT2D eigenvalue weighted by Crippen LogP contribution is 2.42. The van der Waals surface area contributed by atoms with Crippen LogP contribution in [-0.4, -0.2) is 37.5 Å². The van der Waals surface area contributed by atoms with Gasteiger partial charge in [0, 0.05) is 22.5 Å². The first-order valence-corrected chi connectivity index (χ1v) is 10.4. The third kappa shape index (κ3) is 3.52. The smallest absolute Gasteiger partial charge is 0.254 e. The average Bonchev–Trinajstić information content (AvgIpc) is 3.31. The van der Waals surface area contributed by atoms with Crippen LogP contribution in [0.15, 0.2) is 53.9 Å². The van der Waals surface area contributed by atoms with E-state index in [1.165, 1.54) is 0 Å². The third-order valence-electron chi connectivity index (χ3n) is 5.36. The summed E-state index contributed by atoms with van der Waals surface area (Å²) in [7, 11) is 3.23. The predicted octanol–water partition coefficient (Wildman–Crippen LogP) is 3.65. The molecule has 0 bridgehead atoms. The number of amides is 2. The molecule has 154 valence electrons. The molecule has 4 rings (SSSR count). The number of primary amides is 1. The molecule has 0 fully saturated rings. The predicted molar refractivity (Wildman–Crippen MR) is 115 cm³/mol. The van der Waals surface area contributed by atoms with Gasteiger partial charge in [-0.25, -0.2) is 0 Å². The first kappa shape index (κ1) is 20.0. The molecule has 0 saturated heterocycles. The Morgan fingerprint density at radius 3 is 2.30 bits per heavy atom. The molecule has 0 spiro atoms. The van der Waals surface area contributed by atoms with E-state index in [1.807, 2.05) is 34.5 Å². The molecular formula is C23H22N2O4S. The fourth-order valence-electron chi connectivity index (χ4n) is 3.86. The van der Waals surface area contributed by atoms with Crippen molar-refractivity contribution in [2.45, 2.75) is 12.5 Å². The van der Waals surface area contributed by atoms with E-state index in [1.54, 1.807) is 49.8 Å². The van der Waals surface area contributed by atoms with Gasteiger partial charge >= 0.3 is 0 Å². The van der Waals surface area contributed by atoms with E-state index >= 15 is 0 Å². The summed E-state index contributed by atoms with van der Waals surface area (Å²) in [5, 5.41) is 2.01. The van der Waals surface area contributed by atoms with Crippen LogP contribution in [0.25, 0.3) is 0 Å².